The first-order chi connectivity index (χ1) is 20.3. The number of nitrogens with zero attached hydrogens (tertiary/aromatic N) is 3. The standard InChI is InChI=1S/C34H42FN3O4/c1-5-23(3)37-17-14-24-12-13-25(32(35)26(24)15-18-37)21-42-33-22(2)8-6-9-27(33)29-10-7-11-31(36-29)38-19-16-28(34(39)40)30(20-38)41-4/h6-13,23,28,30H,5,14-21H2,1-4H3,(H,39,40). The molecule has 1 saturated heterocycles. The molecular weight excluding hydrogens is 533 g/mol. The molecule has 3 unspecified atom stereocenters. The van der Waals surface area contributed by atoms with Crippen molar-refractivity contribution in [1.29, 1.82) is 0 Å². The van der Waals surface area contributed by atoms with E-state index in [1.54, 1.807) is 7.11 Å². The van der Waals surface area contributed by atoms with Crippen LogP contribution in [0.4, 0.5) is 10.2 Å². The number of para-hydroxylation sites is 1. The minimum absolute atomic E-state index is 0.129. The molecule has 42 heavy (non-hydrogen) atoms. The Balaban J connectivity index is 1.35. The fourth-order valence-corrected chi connectivity index (χ4v) is 6.25. The van der Waals surface area contributed by atoms with Gasteiger partial charge in [0.15, 0.2) is 0 Å². The first kappa shape index (κ1) is 30.0. The summed E-state index contributed by atoms with van der Waals surface area (Å²) in [5.74, 6) is -0.0683. The first-order valence-electron chi connectivity index (χ1n) is 15.0. The van der Waals surface area contributed by atoms with E-state index in [2.05, 4.69) is 29.7 Å². The number of rotatable bonds is 9. The SMILES string of the molecule is CCC(C)N1CCc2ccc(COc3c(C)cccc3-c3cccc(N4CCC(C(=O)O)C(OC)C4)n3)c(F)c2CC1. The molecule has 2 aliphatic rings. The zero-order valence-corrected chi connectivity index (χ0v) is 25.1. The molecule has 1 fully saturated rings. The van der Waals surface area contributed by atoms with Crippen LogP contribution in [0.5, 0.6) is 5.75 Å². The lowest BCUT2D eigenvalue weighted by atomic mass is 9.94. The Morgan fingerprint density at radius 1 is 1.12 bits per heavy atom. The lowest BCUT2D eigenvalue weighted by molar-refractivity contribution is -0.147. The number of carbonyl (C=O) groups is 1. The van der Waals surface area contributed by atoms with Gasteiger partial charge in [0.1, 0.15) is 24.0 Å². The number of piperidine rings is 1. The minimum Gasteiger partial charge on any atom is -0.488 e. The molecule has 0 spiro atoms. The largest absolute Gasteiger partial charge is 0.488 e. The van der Waals surface area contributed by atoms with Crippen molar-refractivity contribution in [1.82, 2.24) is 9.88 Å². The zero-order valence-electron chi connectivity index (χ0n) is 25.1. The summed E-state index contributed by atoms with van der Waals surface area (Å²) in [7, 11) is 1.55. The second-order valence-corrected chi connectivity index (χ2v) is 11.5. The molecule has 3 aromatic rings. The number of aliphatic carboxylic acids is 1. The Bertz CT molecular complexity index is 1410. The number of benzene rings is 2. The summed E-state index contributed by atoms with van der Waals surface area (Å²) >= 11 is 0. The van der Waals surface area contributed by atoms with Gasteiger partial charge in [-0.25, -0.2) is 9.37 Å². The Labute approximate surface area is 248 Å². The highest BCUT2D eigenvalue weighted by atomic mass is 19.1. The van der Waals surface area contributed by atoms with E-state index < -0.39 is 18.0 Å². The van der Waals surface area contributed by atoms with Gasteiger partial charge in [-0.2, -0.15) is 0 Å². The molecule has 1 aromatic heterocycles. The molecule has 224 valence electrons. The minimum atomic E-state index is -0.830. The third kappa shape index (κ3) is 6.30. The van der Waals surface area contributed by atoms with Crippen LogP contribution < -0.4 is 9.64 Å². The van der Waals surface area contributed by atoms with Crippen LogP contribution in [0.25, 0.3) is 11.3 Å². The number of ether oxygens (including phenoxy) is 2. The molecule has 0 saturated carbocycles. The van der Waals surface area contributed by atoms with E-state index >= 15 is 4.39 Å². The third-order valence-corrected chi connectivity index (χ3v) is 9.05. The van der Waals surface area contributed by atoms with Gasteiger partial charge in [-0.3, -0.25) is 4.79 Å². The Morgan fingerprint density at radius 3 is 2.67 bits per heavy atom. The van der Waals surface area contributed by atoms with E-state index in [0.29, 0.717) is 43.3 Å². The average molecular weight is 576 g/mol. The van der Waals surface area contributed by atoms with Crippen LogP contribution in [0.1, 0.15) is 48.9 Å². The third-order valence-electron chi connectivity index (χ3n) is 9.05. The van der Waals surface area contributed by atoms with Crippen LogP contribution in [0.15, 0.2) is 48.5 Å². The van der Waals surface area contributed by atoms with Crippen molar-refractivity contribution >= 4 is 11.8 Å². The zero-order chi connectivity index (χ0) is 29.8. The van der Waals surface area contributed by atoms with Gasteiger partial charge in [-0.15, -0.1) is 0 Å². The van der Waals surface area contributed by atoms with Gasteiger partial charge in [-0.1, -0.05) is 37.3 Å². The number of pyridine rings is 1. The summed E-state index contributed by atoms with van der Waals surface area (Å²) in [6.07, 6.45) is 2.74. The number of halogens is 1. The summed E-state index contributed by atoms with van der Waals surface area (Å²) in [5.41, 5.74) is 5.01. The summed E-state index contributed by atoms with van der Waals surface area (Å²) < 4.78 is 27.7. The highest BCUT2D eigenvalue weighted by Gasteiger charge is 2.35. The fraction of sp³-hybridized carbons (Fsp3) is 0.471. The van der Waals surface area contributed by atoms with E-state index in [0.717, 1.165) is 59.7 Å². The van der Waals surface area contributed by atoms with E-state index in [1.165, 1.54) is 0 Å². The Morgan fingerprint density at radius 2 is 1.90 bits per heavy atom. The molecule has 3 atom stereocenters. The summed E-state index contributed by atoms with van der Waals surface area (Å²) in [4.78, 5) is 21.1. The predicted molar refractivity (Wildman–Crippen MR) is 163 cm³/mol. The highest BCUT2D eigenvalue weighted by molar-refractivity contribution is 5.72. The van der Waals surface area contributed by atoms with Crippen LogP contribution in [0.3, 0.4) is 0 Å². The fourth-order valence-electron chi connectivity index (χ4n) is 6.25. The number of methoxy groups -OCH3 is 1. The molecule has 0 amide bonds. The molecule has 2 aromatic carbocycles. The van der Waals surface area contributed by atoms with Gasteiger partial charge in [0.2, 0.25) is 0 Å². The Kier molecular flexibility index (Phi) is 9.43. The number of carboxylic acid groups (broad SMARTS) is 1. The lowest BCUT2D eigenvalue weighted by Crippen LogP contribution is -2.47. The Hall–Kier alpha value is -3.49. The summed E-state index contributed by atoms with van der Waals surface area (Å²) in [6, 6.07) is 16.2. The van der Waals surface area contributed by atoms with Gasteiger partial charge in [-0.05, 0) is 74.4 Å². The van der Waals surface area contributed by atoms with E-state index in [-0.39, 0.29) is 12.4 Å². The smallest absolute Gasteiger partial charge is 0.309 e. The van der Waals surface area contributed by atoms with Crippen molar-refractivity contribution in [3.8, 4) is 17.0 Å². The normalized spacial score (nSPS) is 20.1. The van der Waals surface area contributed by atoms with Crippen molar-refractivity contribution in [2.75, 3.05) is 38.2 Å². The highest BCUT2D eigenvalue weighted by Crippen LogP contribution is 2.35. The van der Waals surface area contributed by atoms with Crippen molar-refractivity contribution in [2.24, 2.45) is 5.92 Å². The first-order valence-corrected chi connectivity index (χ1v) is 15.0. The predicted octanol–water partition coefficient (Wildman–Crippen LogP) is 5.90. The van der Waals surface area contributed by atoms with Gasteiger partial charge in [0, 0.05) is 50.5 Å². The molecule has 1 N–H and O–H groups in total. The number of aromatic nitrogens is 1. The molecule has 7 nitrogen and oxygen atoms in total. The maximum absolute atomic E-state index is 15.8. The van der Waals surface area contributed by atoms with Crippen molar-refractivity contribution in [2.45, 2.75) is 65.2 Å². The van der Waals surface area contributed by atoms with Crippen molar-refractivity contribution in [3.63, 3.8) is 0 Å². The van der Waals surface area contributed by atoms with E-state index in [9.17, 15) is 9.90 Å². The number of fused-ring (bicyclic) bond motifs is 1. The molecule has 0 aliphatic carbocycles. The monoisotopic (exact) mass is 575 g/mol. The van der Waals surface area contributed by atoms with Gasteiger partial charge in [0.05, 0.1) is 17.7 Å². The molecule has 5 rings (SSSR count). The van der Waals surface area contributed by atoms with Gasteiger partial charge >= 0.3 is 5.97 Å². The molecule has 2 aliphatic heterocycles. The quantitative estimate of drug-likeness (QED) is 0.341. The van der Waals surface area contributed by atoms with Crippen LogP contribution >= 0.6 is 0 Å². The topological polar surface area (TPSA) is 75.1 Å². The van der Waals surface area contributed by atoms with Gasteiger partial charge in [0.25, 0.3) is 0 Å². The lowest BCUT2D eigenvalue weighted by Gasteiger charge is -2.36. The van der Waals surface area contributed by atoms with Crippen LogP contribution in [0, 0.1) is 18.7 Å². The average Bonchev–Trinajstić information content (AvgIpc) is 3.24. The van der Waals surface area contributed by atoms with Gasteiger partial charge < -0.3 is 24.4 Å². The number of anilines is 1. The number of aryl methyl sites for hydroxylation is 1. The summed E-state index contributed by atoms with van der Waals surface area (Å²) in [5, 5.41) is 9.55. The number of hydrogen-bond donors (Lipinski definition) is 1. The van der Waals surface area contributed by atoms with Crippen molar-refractivity contribution in [3.05, 3.63) is 76.6 Å². The number of carboxylic acids is 1. The van der Waals surface area contributed by atoms with Crippen molar-refractivity contribution < 1.29 is 23.8 Å². The second kappa shape index (κ2) is 13.2. The van der Waals surface area contributed by atoms with Crippen LogP contribution in [-0.4, -0.2) is 66.4 Å². The molecular formula is C34H42FN3O4. The molecule has 3 heterocycles. The van der Waals surface area contributed by atoms with Crippen LogP contribution in [0.2, 0.25) is 0 Å². The maximum Gasteiger partial charge on any atom is 0.309 e. The van der Waals surface area contributed by atoms with Crippen LogP contribution in [-0.2, 0) is 29.0 Å². The maximum atomic E-state index is 15.8. The summed E-state index contributed by atoms with van der Waals surface area (Å²) in [6.45, 7) is 9.42. The molecule has 8 heteroatoms. The van der Waals surface area contributed by atoms with E-state index in [4.69, 9.17) is 14.5 Å². The second-order valence-electron chi connectivity index (χ2n) is 11.5. The number of hydrogen-bond acceptors (Lipinski definition) is 6. The molecule has 0 radical (unpaired) electrons. The molecule has 0 bridgehead atoms. The van der Waals surface area contributed by atoms with E-state index in [1.807, 2.05) is 49.4 Å².